The number of rotatable bonds is 11. The number of hydrogen-bond acceptors (Lipinski definition) is 10. The zero-order chi connectivity index (χ0) is 30.9. The van der Waals surface area contributed by atoms with E-state index in [-0.39, 0.29) is 29.8 Å². The monoisotopic (exact) mass is 615 g/mol. The number of thiol groups is 1. The number of nitrogens with one attached hydrogen (secondary N) is 1. The first-order chi connectivity index (χ1) is 20.7. The average molecular weight is 616 g/mol. The first kappa shape index (κ1) is 31.6. The fourth-order valence-electron chi connectivity index (χ4n) is 4.33. The summed E-state index contributed by atoms with van der Waals surface area (Å²) in [7, 11) is 1.30. The molecule has 1 aliphatic heterocycles. The Morgan fingerprint density at radius 3 is 2.28 bits per heavy atom. The zero-order valence-corrected chi connectivity index (χ0v) is 26.1. The minimum atomic E-state index is -0.533. The molecule has 0 aromatic heterocycles. The van der Waals surface area contributed by atoms with E-state index in [0.717, 1.165) is 28.6 Å². The molecular formula is C32H33N5O4S2. The number of esters is 1. The Morgan fingerprint density at radius 1 is 1.00 bits per heavy atom. The fraction of sp³-hybridized carbons (Fsp3) is 0.219. The first-order valence-corrected chi connectivity index (χ1v) is 14.9. The average Bonchev–Trinajstić information content (AvgIpc) is 3.27. The molecule has 0 bridgehead atoms. The van der Waals surface area contributed by atoms with Gasteiger partial charge in [0.2, 0.25) is 0 Å². The molecule has 0 atom stereocenters. The summed E-state index contributed by atoms with van der Waals surface area (Å²) >= 11 is 5.69. The predicted molar refractivity (Wildman–Crippen MR) is 176 cm³/mol. The van der Waals surface area contributed by atoms with E-state index in [4.69, 9.17) is 14.8 Å². The summed E-state index contributed by atoms with van der Waals surface area (Å²) in [5.74, 6) is -1.00. The summed E-state index contributed by atoms with van der Waals surface area (Å²) < 4.78 is 4.95. The van der Waals surface area contributed by atoms with Crippen LogP contribution in [0.2, 0.25) is 0 Å². The van der Waals surface area contributed by atoms with Crippen LogP contribution in [0.1, 0.15) is 42.3 Å². The highest BCUT2D eigenvalue weighted by Gasteiger charge is 2.37. The van der Waals surface area contributed by atoms with Crippen molar-refractivity contribution in [3.63, 3.8) is 0 Å². The molecular weight excluding hydrogens is 583 g/mol. The van der Waals surface area contributed by atoms with E-state index in [0.29, 0.717) is 33.6 Å². The first-order valence-electron chi connectivity index (χ1n) is 13.6. The normalized spacial score (nSPS) is 15.5. The van der Waals surface area contributed by atoms with Crippen molar-refractivity contribution in [2.75, 3.05) is 25.5 Å². The quantitative estimate of drug-likeness (QED) is 0.115. The summed E-state index contributed by atoms with van der Waals surface area (Å²) in [6.45, 7) is 5.90. The highest BCUT2D eigenvalue weighted by Crippen LogP contribution is 2.34. The van der Waals surface area contributed by atoms with Crippen LogP contribution >= 0.6 is 24.4 Å². The van der Waals surface area contributed by atoms with E-state index < -0.39 is 5.97 Å². The fourth-order valence-corrected chi connectivity index (χ4v) is 5.48. The molecule has 0 saturated carbocycles. The molecule has 222 valence electrons. The lowest BCUT2D eigenvalue weighted by atomic mass is 10.1. The van der Waals surface area contributed by atoms with Crippen molar-refractivity contribution in [2.24, 2.45) is 10.1 Å². The Hall–Kier alpha value is -4.35. The van der Waals surface area contributed by atoms with E-state index >= 15 is 0 Å². The number of anilines is 1. The number of aliphatic imine (C=N–C) groups is 1. The van der Waals surface area contributed by atoms with Crippen molar-refractivity contribution >= 4 is 69.3 Å². The van der Waals surface area contributed by atoms with E-state index in [1.807, 2.05) is 73.7 Å². The van der Waals surface area contributed by atoms with Crippen molar-refractivity contribution in [1.29, 1.82) is 0 Å². The number of ether oxygens (including phenoxy) is 1. The molecule has 1 fully saturated rings. The van der Waals surface area contributed by atoms with Crippen LogP contribution in [0, 0.1) is 0 Å². The van der Waals surface area contributed by atoms with Gasteiger partial charge in [-0.2, -0.15) is 5.10 Å². The van der Waals surface area contributed by atoms with Crippen LogP contribution in [-0.4, -0.2) is 58.0 Å². The minimum Gasteiger partial charge on any atom is -0.468 e. The molecule has 3 aromatic carbocycles. The van der Waals surface area contributed by atoms with Gasteiger partial charge in [0.05, 0.1) is 30.7 Å². The molecule has 1 heterocycles. The molecule has 0 aliphatic carbocycles. The number of amidine groups is 1. The Bertz CT molecular complexity index is 1590. The molecule has 1 N–H and O–H groups in total. The van der Waals surface area contributed by atoms with Crippen LogP contribution in [-0.2, 0) is 20.9 Å². The van der Waals surface area contributed by atoms with Crippen LogP contribution < -0.4 is 5.32 Å². The van der Waals surface area contributed by atoms with Gasteiger partial charge in [0.15, 0.2) is 16.0 Å². The lowest BCUT2D eigenvalue weighted by Crippen LogP contribution is -2.32. The maximum atomic E-state index is 14.0. The number of carbonyl (C=O) groups is 3. The number of allylic oxidation sites excluding steroid dienone is 1. The summed E-state index contributed by atoms with van der Waals surface area (Å²) in [6, 6.07) is 24.2. The molecule has 1 aliphatic rings. The van der Waals surface area contributed by atoms with Gasteiger partial charge in [-0.25, -0.2) is 4.99 Å². The molecule has 1 amide bonds. The van der Waals surface area contributed by atoms with Crippen LogP contribution in [0.4, 0.5) is 11.4 Å². The maximum Gasteiger partial charge on any atom is 0.327 e. The van der Waals surface area contributed by atoms with Crippen molar-refractivity contribution in [3.8, 4) is 0 Å². The highest BCUT2D eigenvalue weighted by molar-refractivity contribution is 8.28. The van der Waals surface area contributed by atoms with Gasteiger partial charge < -0.3 is 10.1 Å². The SMILES string of the molecule is CCNc1ccc(C(C)=O)cc1N=C1S/C(=N/N(CC(=O)OC)/C(=C(/C)S)c2ccccc2)C(=O)N1Cc1ccccc1. The molecule has 43 heavy (non-hydrogen) atoms. The molecule has 4 rings (SSSR count). The number of thioether (sulfide) groups is 1. The van der Waals surface area contributed by atoms with Gasteiger partial charge in [-0.1, -0.05) is 60.7 Å². The third kappa shape index (κ3) is 7.94. The van der Waals surface area contributed by atoms with E-state index in [9.17, 15) is 14.4 Å². The van der Waals surface area contributed by atoms with Gasteiger partial charge >= 0.3 is 5.97 Å². The summed E-state index contributed by atoms with van der Waals surface area (Å²) in [5, 5.41) is 9.91. The standard InChI is InChI=1S/C32H33N5O4S2/c1-5-33-26-17-16-25(21(2)38)18-27(26)34-32-36(19-23-12-8-6-9-13-23)31(40)30(43-32)35-37(20-28(39)41-4)29(22(3)42)24-14-10-7-11-15-24/h6-18,33,42H,5,19-20H2,1-4H3/b29-22-,34-32?,35-30+. The van der Waals surface area contributed by atoms with Crippen molar-refractivity contribution in [1.82, 2.24) is 9.91 Å². The third-order valence-corrected chi connectivity index (χ3v) is 7.54. The smallest absolute Gasteiger partial charge is 0.327 e. The molecule has 0 unspecified atom stereocenters. The Balaban J connectivity index is 1.84. The van der Waals surface area contributed by atoms with Gasteiger partial charge in [-0.15, -0.1) is 12.6 Å². The topological polar surface area (TPSA) is 104 Å². The van der Waals surface area contributed by atoms with Crippen molar-refractivity contribution in [2.45, 2.75) is 27.3 Å². The second-order valence-electron chi connectivity index (χ2n) is 9.53. The molecule has 3 aromatic rings. The minimum absolute atomic E-state index is 0.0937. The second kappa shape index (κ2) is 14.7. The van der Waals surface area contributed by atoms with Gasteiger partial charge in [0.1, 0.15) is 6.54 Å². The van der Waals surface area contributed by atoms with Crippen molar-refractivity contribution in [3.05, 3.63) is 100 Å². The van der Waals surface area contributed by atoms with Crippen LogP contribution in [0.3, 0.4) is 0 Å². The highest BCUT2D eigenvalue weighted by atomic mass is 32.2. The van der Waals surface area contributed by atoms with Crippen molar-refractivity contribution < 1.29 is 19.1 Å². The third-order valence-electron chi connectivity index (χ3n) is 6.38. The number of amides is 1. The number of ketones is 1. The Labute approximate surface area is 261 Å². The van der Waals surface area contributed by atoms with E-state index in [1.165, 1.54) is 19.0 Å². The number of methoxy groups -OCH3 is 1. The lowest BCUT2D eigenvalue weighted by molar-refractivity contribution is -0.141. The number of carbonyl (C=O) groups excluding carboxylic acids is 3. The second-order valence-corrected chi connectivity index (χ2v) is 11.2. The Morgan fingerprint density at radius 2 is 1.67 bits per heavy atom. The van der Waals surface area contributed by atoms with Crippen LogP contribution in [0.5, 0.6) is 0 Å². The molecule has 9 nitrogen and oxygen atoms in total. The van der Waals surface area contributed by atoms with Gasteiger partial charge in [-0.3, -0.25) is 24.3 Å². The molecule has 0 radical (unpaired) electrons. The lowest BCUT2D eigenvalue weighted by Gasteiger charge is -2.23. The van der Waals surface area contributed by atoms with Crippen LogP contribution in [0.25, 0.3) is 5.70 Å². The predicted octanol–water partition coefficient (Wildman–Crippen LogP) is 6.19. The van der Waals surface area contributed by atoms with Crippen LogP contribution in [0.15, 0.2) is 93.9 Å². The number of hydrogen-bond donors (Lipinski definition) is 2. The largest absolute Gasteiger partial charge is 0.468 e. The summed E-state index contributed by atoms with van der Waals surface area (Å²) in [6.07, 6.45) is 0. The van der Waals surface area contributed by atoms with Gasteiger partial charge in [0, 0.05) is 22.6 Å². The molecule has 11 heteroatoms. The maximum absolute atomic E-state index is 14.0. The molecule has 0 spiro atoms. The van der Waals surface area contributed by atoms with Gasteiger partial charge in [0.25, 0.3) is 5.91 Å². The zero-order valence-electron chi connectivity index (χ0n) is 24.4. The van der Waals surface area contributed by atoms with E-state index in [2.05, 4.69) is 17.9 Å². The molecule has 1 saturated heterocycles. The summed E-state index contributed by atoms with van der Waals surface area (Å²) in [4.78, 5) is 45.6. The van der Waals surface area contributed by atoms with Gasteiger partial charge in [-0.05, 0) is 56.3 Å². The number of hydrazone groups is 1. The summed E-state index contributed by atoms with van der Waals surface area (Å²) in [5.41, 5.74) is 3.98. The number of nitrogens with zero attached hydrogens (tertiary/aromatic N) is 4. The Kier molecular flexibility index (Phi) is 10.8. The number of benzene rings is 3. The number of Topliss-reactive ketones (excluding diaryl/α,β-unsaturated/α-hetero) is 1. The van der Waals surface area contributed by atoms with E-state index in [1.54, 1.807) is 24.0 Å².